The van der Waals surface area contributed by atoms with Crippen molar-refractivity contribution in [3.05, 3.63) is 53.6 Å². The first kappa shape index (κ1) is 8.09. The molecule has 1 rings (SSSR count). The highest BCUT2D eigenvalue weighted by Crippen LogP contribution is 2.00. The molecule has 0 fully saturated rings. The van der Waals surface area contributed by atoms with E-state index in [4.69, 9.17) is 11.6 Å². The van der Waals surface area contributed by atoms with E-state index in [1.165, 1.54) is 11.1 Å². The molecular formula is C10H9Cl. The molecule has 0 saturated carbocycles. The monoisotopic (exact) mass is 164 g/mol. The van der Waals surface area contributed by atoms with Crippen molar-refractivity contribution in [3.8, 4) is 0 Å². The fourth-order valence-corrected chi connectivity index (χ4v) is 0.857. The minimum Gasteiger partial charge on any atom is -0.0930 e. The normalized spacial score (nSPS) is 11.4. The molecule has 0 N–H and O–H groups in total. The van der Waals surface area contributed by atoms with Gasteiger partial charge in [-0.05, 0) is 5.56 Å². The van der Waals surface area contributed by atoms with E-state index in [-0.39, 0.29) is 0 Å². The molecule has 0 aromatic heterocycles. The third kappa shape index (κ3) is 3.06. The van der Waals surface area contributed by atoms with E-state index in [9.17, 15) is 0 Å². The Bertz CT molecular complexity index is 247. The maximum Gasteiger partial charge on any atom is 0.00424 e. The molecule has 0 radical (unpaired) electrons. The largest absolute Gasteiger partial charge is 0.0930 e. The standard InChI is InChI=1S/C10H9Cl/c11-9-5-4-8-10-6-2-1-3-7-10/h1-9H/b8-4+,9-5+. The highest BCUT2D eigenvalue weighted by molar-refractivity contribution is 6.25. The lowest BCUT2D eigenvalue weighted by molar-refractivity contribution is 1.66. The van der Waals surface area contributed by atoms with E-state index in [1.807, 2.05) is 42.5 Å². The van der Waals surface area contributed by atoms with Crippen LogP contribution in [0, 0.1) is 0 Å². The maximum atomic E-state index is 5.34. The maximum absolute atomic E-state index is 5.34. The molecule has 0 bridgehead atoms. The van der Waals surface area contributed by atoms with Crippen LogP contribution in [-0.4, -0.2) is 0 Å². The SMILES string of the molecule is Cl/C=C/C=C/c1ccccc1. The number of rotatable bonds is 2. The van der Waals surface area contributed by atoms with Gasteiger partial charge in [-0.3, -0.25) is 0 Å². The summed E-state index contributed by atoms with van der Waals surface area (Å²) in [5.41, 5.74) is 2.67. The first-order valence-electron chi connectivity index (χ1n) is 3.42. The Balaban J connectivity index is 2.64. The van der Waals surface area contributed by atoms with Crippen LogP contribution in [0.15, 0.2) is 48.0 Å². The third-order valence-corrected chi connectivity index (χ3v) is 1.42. The van der Waals surface area contributed by atoms with Gasteiger partial charge in [0, 0.05) is 5.54 Å². The molecule has 0 aliphatic heterocycles. The molecule has 1 aromatic carbocycles. The van der Waals surface area contributed by atoms with Crippen LogP contribution in [0.4, 0.5) is 0 Å². The van der Waals surface area contributed by atoms with Crippen LogP contribution < -0.4 is 0 Å². The van der Waals surface area contributed by atoms with Gasteiger partial charge in [0.25, 0.3) is 0 Å². The third-order valence-electron chi connectivity index (χ3n) is 1.27. The fourth-order valence-electron chi connectivity index (χ4n) is 0.773. The van der Waals surface area contributed by atoms with Crippen molar-refractivity contribution in [2.45, 2.75) is 0 Å². The van der Waals surface area contributed by atoms with Gasteiger partial charge in [0.05, 0.1) is 0 Å². The van der Waals surface area contributed by atoms with Crippen molar-refractivity contribution in [2.24, 2.45) is 0 Å². The quantitative estimate of drug-likeness (QED) is 0.588. The number of halogens is 1. The zero-order valence-electron chi connectivity index (χ0n) is 6.07. The summed E-state index contributed by atoms with van der Waals surface area (Å²) >= 11 is 5.34. The van der Waals surface area contributed by atoms with Gasteiger partial charge in [0.1, 0.15) is 0 Å². The van der Waals surface area contributed by atoms with Crippen molar-refractivity contribution in [1.29, 1.82) is 0 Å². The van der Waals surface area contributed by atoms with Gasteiger partial charge in [0.2, 0.25) is 0 Å². The Labute approximate surface area is 71.8 Å². The smallest absolute Gasteiger partial charge is 0.00424 e. The first-order chi connectivity index (χ1) is 5.43. The van der Waals surface area contributed by atoms with E-state index in [0.717, 1.165) is 0 Å². The number of allylic oxidation sites excluding steroid dienone is 2. The van der Waals surface area contributed by atoms with E-state index >= 15 is 0 Å². The first-order valence-corrected chi connectivity index (χ1v) is 3.85. The average molecular weight is 165 g/mol. The molecule has 0 saturated heterocycles. The molecule has 0 unspecified atom stereocenters. The highest BCUT2D eigenvalue weighted by atomic mass is 35.5. The Kier molecular flexibility index (Phi) is 3.49. The van der Waals surface area contributed by atoms with Crippen molar-refractivity contribution >= 4 is 17.7 Å². The average Bonchev–Trinajstić information content (AvgIpc) is 2.07. The van der Waals surface area contributed by atoms with Gasteiger partial charge in [0.15, 0.2) is 0 Å². The topological polar surface area (TPSA) is 0 Å². The Hall–Kier alpha value is -1.01. The molecule has 0 atom stereocenters. The van der Waals surface area contributed by atoms with Crippen LogP contribution in [0.5, 0.6) is 0 Å². The van der Waals surface area contributed by atoms with Gasteiger partial charge >= 0.3 is 0 Å². The van der Waals surface area contributed by atoms with Crippen LogP contribution in [-0.2, 0) is 0 Å². The zero-order valence-corrected chi connectivity index (χ0v) is 6.83. The lowest BCUT2D eigenvalue weighted by atomic mass is 10.2. The summed E-state index contributed by atoms with van der Waals surface area (Å²) in [6.07, 6.45) is 5.69. The van der Waals surface area contributed by atoms with E-state index in [2.05, 4.69) is 0 Å². The van der Waals surface area contributed by atoms with Crippen LogP contribution in [0.3, 0.4) is 0 Å². The second kappa shape index (κ2) is 4.75. The minimum absolute atomic E-state index is 1.18. The van der Waals surface area contributed by atoms with Crippen molar-refractivity contribution < 1.29 is 0 Å². The van der Waals surface area contributed by atoms with Crippen LogP contribution in [0.25, 0.3) is 6.08 Å². The molecular weight excluding hydrogens is 156 g/mol. The number of hydrogen-bond acceptors (Lipinski definition) is 0. The molecule has 0 nitrogen and oxygen atoms in total. The summed E-state index contributed by atoms with van der Waals surface area (Å²) in [6, 6.07) is 10.1. The van der Waals surface area contributed by atoms with Crippen LogP contribution in [0.2, 0.25) is 0 Å². The summed E-state index contributed by atoms with van der Waals surface area (Å²) in [5, 5.41) is 0. The Morgan fingerprint density at radius 2 is 1.73 bits per heavy atom. The minimum atomic E-state index is 1.18. The molecule has 0 heterocycles. The van der Waals surface area contributed by atoms with Gasteiger partial charge in [-0.15, -0.1) is 0 Å². The summed E-state index contributed by atoms with van der Waals surface area (Å²) < 4.78 is 0. The van der Waals surface area contributed by atoms with E-state index in [1.54, 1.807) is 6.08 Å². The lowest BCUT2D eigenvalue weighted by Gasteiger charge is -1.87. The molecule has 0 spiro atoms. The molecule has 1 aromatic rings. The Morgan fingerprint density at radius 1 is 1.00 bits per heavy atom. The van der Waals surface area contributed by atoms with Crippen LogP contribution in [0.1, 0.15) is 5.56 Å². The predicted molar refractivity (Wildman–Crippen MR) is 50.5 cm³/mol. The van der Waals surface area contributed by atoms with Crippen molar-refractivity contribution in [2.75, 3.05) is 0 Å². The molecule has 11 heavy (non-hydrogen) atoms. The number of benzene rings is 1. The molecule has 0 amide bonds. The van der Waals surface area contributed by atoms with Crippen molar-refractivity contribution in [3.63, 3.8) is 0 Å². The van der Waals surface area contributed by atoms with Crippen molar-refractivity contribution in [1.82, 2.24) is 0 Å². The Morgan fingerprint density at radius 3 is 2.36 bits per heavy atom. The van der Waals surface area contributed by atoms with E-state index in [0.29, 0.717) is 0 Å². The van der Waals surface area contributed by atoms with E-state index < -0.39 is 0 Å². The van der Waals surface area contributed by atoms with Gasteiger partial charge < -0.3 is 0 Å². The van der Waals surface area contributed by atoms with Gasteiger partial charge in [-0.1, -0.05) is 60.2 Å². The zero-order chi connectivity index (χ0) is 7.94. The summed E-state index contributed by atoms with van der Waals surface area (Å²) in [5.74, 6) is 0. The molecule has 0 aliphatic carbocycles. The molecule has 0 aliphatic rings. The fraction of sp³-hybridized carbons (Fsp3) is 0. The van der Waals surface area contributed by atoms with Gasteiger partial charge in [-0.2, -0.15) is 0 Å². The predicted octanol–water partition coefficient (Wildman–Crippen LogP) is 3.45. The molecule has 56 valence electrons. The summed E-state index contributed by atoms with van der Waals surface area (Å²) in [4.78, 5) is 0. The summed E-state index contributed by atoms with van der Waals surface area (Å²) in [7, 11) is 0. The lowest BCUT2D eigenvalue weighted by Crippen LogP contribution is -1.66. The van der Waals surface area contributed by atoms with Gasteiger partial charge in [-0.25, -0.2) is 0 Å². The second-order valence-electron chi connectivity index (χ2n) is 2.09. The summed E-state index contributed by atoms with van der Waals surface area (Å²) in [6.45, 7) is 0. The second-order valence-corrected chi connectivity index (χ2v) is 2.34. The molecule has 1 heteroatoms. The highest BCUT2D eigenvalue weighted by Gasteiger charge is 1.78. The number of hydrogen-bond donors (Lipinski definition) is 0. The van der Waals surface area contributed by atoms with Crippen LogP contribution >= 0.6 is 11.6 Å².